The Kier molecular flexibility index (Phi) is 3.69. The third-order valence-electron chi connectivity index (χ3n) is 2.12. The molecule has 0 aliphatic carbocycles. The molecule has 4 heteroatoms. The quantitative estimate of drug-likeness (QED) is 0.722. The zero-order valence-electron chi connectivity index (χ0n) is 8.70. The van der Waals surface area contributed by atoms with E-state index in [9.17, 15) is 4.79 Å². The monoisotopic (exact) mass is 214 g/mol. The van der Waals surface area contributed by atoms with Crippen molar-refractivity contribution >= 4 is 17.9 Å². The normalized spacial score (nSPS) is 13.2. The molecule has 0 fully saturated rings. The van der Waals surface area contributed by atoms with Crippen LogP contribution >= 0.6 is 11.6 Å². The minimum absolute atomic E-state index is 0.0487. The summed E-state index contributed by atoms with van der Waals surface area (Å²) in [6, 6.07) is 0. The number of aldehydes is 1. The Morgan fingerprint density at radius 2 is 2.21 bits per heavy atom. The minimum atomic E-state index is -0.0487. The van der Waals surface area contributed by atoms with Crippen LogP contribution in [0.5, 0.6) is 0 Å². The maximum atomic E-state index is 10.5. The first-order valence-electron chi connectivity index (χ1n) is 4.72. The zero-order chi connectivity index (χ0) is 10.7. The van der Waals surface area contributed by atoms with Gasteiger partial charge in [-0.2, -0.15) is 5.10 Å². The van der Waals surface area contributed by atoms with E-state index in [1.807, 2.05) is 6.92 Å². The Hall–Kier alpha value is -0.830. The second kappa shape index (κ2) is 4.60. The summed E-state index contributed by atoms with van der Waals surface area (Å²) >= 11 is 6.10. The highest BCUT2D eigenvalue weighted by molar-refractivity contribution is 6.30. The van der Waals surface area contributed by atoms with Crippen LogP contribution in [0.3, 0.4) is 0 Å². The molecule has 0 saturated heterocycles. The smallest absolute Gasteiger partial charge is 0.130 e. The van der Waals surface area contributed by atoms with E-state index in [1.54, 1.807) is 10.9 Å². The number of carbonyl (C=O) groups excluding carboxylic acids is 1. The summed E-state index contributed by atoms with van der Waals surface area (Å²) in [7, 11) is 0. The molecule has 1 atom stereocenters. The van der Waals surface area contributed by atoms with E-state index in [-0.39, 0.29) is 5.92 Å². The predicted molar refractivity (Wildman–Crippen MR) is 56.6 cm³/mol. The van der Waals surface area contributed by atoms with Crippen LogP contribution in [0.15, 0.2) is 6.20 Å². The molecule has 1 unspecified atom stereocenters. The maximum absolute atomic E-state index is 10.5. The first kappa shape index (κ1) is 11.2. The molecule has 0 saturated carbocycles. The standard InChI is InChI=1S/C10H15ClN2O/c1-7(2)9-4-12-13(10(9)11)5-8(3)6-14/h4,6-8H,5H2,1-3H3. The van der Waals surface area contributed by atoms with Gasteiger partial charge >= 0.3 is 0 Å². The van der Waals surface area contributed by atoms with E-state index in [4.69, 9.17) is 11.6 Å². The van der Waals surface area contributed by atoms with Crippen LogP contribution in [0.25, 0.3) is 0 Å². The molecule has 0 radical (unpaired) electrons. The van der Waals surface area contributed by atoms with Gasteiger partial charge in [-0.25, -0.2) is 0 Å². The number of rotatable bonds is 4. The Morgan fingerprint density at radius 1 is 1.57 bits per heavy atom. The number of halogens is 1. The summed E-state index contributed by atoms with van der Waals surface area (Å²) in [5, 5.41) is 4.80. The highest BCUT2D eigenvalue weighted by Gasteiger charge is 2.12. The molecule has 0 bridgehead atoms. The number of aromatic nitrogens is 2. The summed E-state index contributed by atoms with van der Waals surface area (Å²) in [5.74, 6) is 0.315. The van der Waals surface area contributed by atoms with Crippen LogP contribution in [0.2, 0.25) is 5.15 Å². The van der Waals surface area contributed by atoms with Gasteiger partial charge < -0.3 is 4.79 Å². The average molecular weight is 215 g/mol. The predicted octanol–water partition coefficient (Wildman–Crippen LogP) is 2.49. The first-order chi connectivity index (χ1) is 6.56. The van der Waals surface area contributed by atoms with Gasteiger partial charge in [-0.3, -0.25) is 4.68 Å². The van der Waals surface area contributed by atoms with E-state index in [0.717, 1.165) is 11.8 Å². The number of hydrogen-bond acceptors (Lipinski definition) is 2. The van der Waals surface area contributed by atoms with E-state index in [2.05, 4.69) is 18.9 Å². The number of hydrogen-bond donors (Lipinski definition) is 0. The van der Waals surface area contributed by atoms with E-state index in [0.29, 0.717) is 17.6 Å². The lowest BCUT2D eigenvalue weighted by Gasteiger charge is -2.06. The minimum Gasteiger partial charge on any atom is -0.303 e. The molecule has 1 rings (SSSR count). The Morgan fingerprint density at radius 3 is 2.64 bits per heavy atom. The van der Waals surface area contributed by atoms with Crippen molar-refractivity contribution in [2.45, 2.75) is 33.2 Å². The Balaban J connectivity index is 2.84. The fraction of sp³-hybridized carbons (Fsp3) is 0.600. The van der Waals surface area contributed by atoms with Gasteiger partial charge in [-0.05, 0) is 5.92 Å². The van der Waals surface area contributed by atoms with Gasteiger partial charge in [0.1, 0.15) is 11.4 Å². The van der Waals surface area contributed by atoms with Crippen molar-refractivity contribution < 1.29 is 4.79 Å². The molecular weight excluding hydrogens is 200 g/mol. The largest absolute Gasteiger partial charge is 0.303 e. The molecule has 0 aromatic carbocycles. The summed E-state index contributed by atoms with van der Waals surface area (Å²) < 4.78 is 1.68. The molecule has 78 valence electrons. The van der Waals surface area contributed by atoms with Crippen molar-refractivity contribution in [3.8, 4) is 0 Å². The van der Waals surface area contributed by atoms with Gasteiger partial charge in [-0.1, -0.05) is 32.4 Å². The van der Waals surface area contributed by atoms with Crippen molar-refractivity contribution in [1.29, 1.82) is 0 Å². The topological polar surface area (TPSA) is 34.9 Å². The average Bonchev–Trinajstić information content (AvgIpc) is 2.48. The van der Waals surface area contributed by atoms with Crippen LogP contribution in [-0.2, 0) is 11.3 Å². The molecule has 0 spiro atoms. The molecule has 0 N–H and O–H groups in total. The molecule has 14 heavy (non-hydrogen) atoms. The fourth-order valence-corrected chi connectivity index (χ4v) is 1.59. The van der Waals surface area contributed by atoms with Crippen molar-refractivity contribution in [3.05, 3.63) is 16.9 Å². The first-order valence-corrected chi connectivity index (χ1v) is 5.10. The fourth-order valence-electron chi connectivity index (χ4n) is 1.22. The third kappa shape index (κ3) is 2.35. The van der Waals surface area contributed by atoms with E-state index in [1.165, 1.54) is 0 Å². The molecule has 1 heterocycles. The molecule has 1 aromatic heterocycles. The van der Waals surface area contributed by atoms with Crippen LogP contribution in [0.1, 0.15) is 32.3 Å². The SMILES string of the molecule is CC(C=O)Cn1ncc(C(C)C)c1Cl. The summed E-state index contributed by atoms with van der Waals surface area (Å²) in [5.41, 5.74) is 1.03. The van der Waals surface area contributed by atoms with Gasteiger partial charge in [0.25, 0.3) is 0 Å². The number of carbonyl (C=O) groups is 1. The van der Waals surface area contributed by atoms with Crippen LogP contribution in [0, 0.1) is 5.92 Å². The lowest BCUT2D eigenvalue weighted by atomic mass is 10.1. The highest BCUT2D eigenvalue weighted by Crippen LogP contribution is 2.23. The molecular formula is C10H15ClN2O. The summed E-state index contributed by atoms with van der Waals surface area (Å²) in [6.45, 7) is 6.53. The van der Waals surface area contributed by atoms with Crippen molar-refractivity contribution in [2.24, 2.45) is 5.92 Å². The van der Waals surface area contributed by atoms with E-state index >= 15 is 0 Å². The van der Waals surface area contributed by atoms with Gasteiger partial charge in [0.2, 0.25) is 0 Å². The van der Waals surface area contributed by atoms with Crippen molar-refractivity contribution in [2.75, 3.05) is 0 Å². The van der Waals surface area contributed by atoms with Crippen LogP contribution in [-0.4, -0.2) is 16.1 Å². The van der Waals surface area contributed by atoms with Gasteiger partial charge in [0.15, 0.2) is 0 Å². The Bertz CT molecular complexity index is 320. The molecule has 0 aliphatic heterocycles. The summed E-state index contributed by atoms with van der Waals surface area (Å²) in [6.07, 6.45) is 2.68. The lowest BCUT2D eigenvalue weighted by Crippen LogP contribution is -2.10. The second-order valence-corrected chi connectivity index (χ2v) is 4.20. The number of nitrogens with zero attached hydrogens (tertiary/aromatic N) is 2. The zero-order valence-corrected chi connectivity index (χ0v) is 9.45. The molecule has 3 nitrogen and oxygen atoms in total. The van der Waals surface area contributed by atoms with Gasteiger partial charge in [0.05, 0.1) is 12.7 Å². The second-order valence-electron chi connectivity index (χ2n) is 3.84. The maximum Gasteiger partial charge on any atom is 0.130 e. The van der Waals surface area contributed by atoms with Gasteiger partial charge in [0, 0.05) is 11.5 Å². The molecule has 0 amide bonds. The summed E-state index contributed by atoms with van der Waals surface area (Å²) in [4.78, 5) is 10.5. The van der Waals surface area contributed by atoms with Crippen molar-refractivity contribution in [1.82, 2.24) is 9.78 Å². The lowest BCUT2D eigenvalue weighted by molar-refractivity contribution is -0.111. The van der Waals surface area contributed by atoms with Crippen LogP contribution in [0.4, 0.5) is 0 Å². The van der Waals surface area contributed by atoms with Crippen molar-refractivity contribution in [3.63, 3.8) is 0 Å². The highest BCUT2D eigenvalue weighted by atomic mass is 35.5. The van der Waals surface area contributed by atoms with Crippen LogP contribution < -0.4 is 0 Å². The van der Waals surface area contributed by atoms with Gasteiger partial charge in [-0.15, -0.1) is 0 Å². The third-order valence-corrected chi connectivity index (χ3v) is 2.53. The molecule has 1 aromatic rings. The van der Waals surface area contributed by atoms with E-state index < -0.39 is 0 Å². The Labute approximate surface area is 89.1 Å². The molecule has 0 aliphatic rings.